The molecule has 20 heavy (non-hydrogen) atoms. The first-order chi connectivity index (χ1) is 9.63. The summed E-state index contributed by atoms with van der Waals surface area (Å²) in [6.45, 7) is 0.442. The second-order valence-electron chi connectivity index (χ2n) is 5.51. The van der Waals surface area contributed by atoms with Gasteiger partial charge >= 0.3 is 0 Å². The summed E-state index contributed by atoms with van der Waals surface area (Å²) in [6, 6.07) is 0. The van der Waals surface area contributed by atoms with E-state index in [1.807, 2.05) is 12.3 Å². The van der Waals surface area contributed by atoms with Gasteiger partial charge in [0, 0.05) is 18.4 Å². The maximum Gasteiger partial charge on any atom is 0.283 e. The molecular weight excluding hydrogens is 280 g/mol. The highest BCUT2D eigenvalue weighted by atomic mass is 32.2. The summed E-state index contributed by atoms with van der Waals surface area (Å²) in [5.41, 5.74) is 1.33. The Kier molecular flexibility index (Phi) is 2.79. The highest BCUT2D eigenvalue weighted by Gasteiger charge is 2.60. The van der Waals surface area contributed by atoms with E-state index in [1.165, 1.54) is 0 Å². The average Bonchev–Trinajstić information content (AvgIpc) is 2.87. The molecule has 0 saturated carbocycles. The van der Waals surface area contributed by atoms with Crippen molar-refractivity contribution in [3.8, 4) is 0 Å². The summed E-state index contributed by atoms with van der Waals surface area (Å²) in [6.07, 6.45) is 4.87. The van der Waals surface area contributed by atoms with Crippen LogP contribution in [-0.2, 0) is 19.0 Å². The van der Waals surface area contributed by atoms with Crippen molar-refractivity contribution in [3.05, 3.63) is 23.0 Å². The Morgan fingerprint density at radius 2 is 2.30 bits per heavy atom. The fourth-order valence-corrected chi connectivity index (χ4v) is 4.28. The minimum absolute atomic E-state index is 0.0532. The number of carbonyl (C=O) groups excluding carboxylic acids is 1. The van der Waals surface area contributed by atoms with E-state index in [9.17, 15) is 9.90 Å². The number of fused-ring (bicyclic) bond motifs is 4. The third-order valence-electron chi connectivity index (χ3n) is 4.33. The second-order valence-corrected chi connectivity index (χ2v) is 6.49. The average molecular weight is 296 g/mol. The molecule has 0 amide bonds. The molecule has 5 nitrogen and oxygen atoms in total. The molecule has 3 heterocycles. The normalized spacial score (nSPS) is 42.8. The maximum atomic E-state index is 12.0. The molecule has 2 saturated heterocycles. The molecule has 4 aliphatic rings. The van der Waals surface area contributed by atoms with Crippen molar-refractivity contribution in [1.29, 1.82) is 0 Å². The maximum absolute atomic E-state index is 12.0. The first kappa shape index (κ1) is 12.9. The Hall–Kier alpha value is -0.820. The van der Waals surface area contributed by atoms with Crippen LogP contribution >= 0.6 is 11.8 Å². The number of thioether (sulfide) groups is 1. The number of ether oxygens (including phenoxy) is 3. The number of carbonyl (C=O) groups is 1. The Labute approximate surface area is 121 Å². The number of hydrogen-bond acceptors (Lipinski definition) is 6. The van der Waals surface area contributed by atoms with Gasteiger partial charge in [0.15, 0.2) is 5.78 Å². The van der Waals surface area contributed by atoms with Crippen molar-refractivity contribution in [3.63, 3.8) is 0 Å². The highest BCUT2D eigenvalue weighted by molar-refractivity contribution is 7.99. The fourth-order valence-electron chi connectivity index (χ4n) is 3.34. The van der Waals surface area contributed by atoms with Crippen molar-refractivity contribution in [1.82, 2.24) is 0 Å². The smallest absolute Gasteiger partial charge is 0.283 e. The van der Waals surface area contributed by atoms with Crippen LogP contribution in [0.2, 0.25) is 0 Å². The molecule has 0 unspecified atom stereocenters. The van der Waals surface area contributed by atoms with Crippen LogP contribution in [0, 0.1) is 0 Å². The van der Waals surface area contributed by atoms with Gasteiger partial charge in [-0.2, -0.15) is 11.8 Å². The molecular formula is C14H16O5S. The van der Waals surface area contributed by atoms with Gasteiger partial charge in [0.1, 0.15) is 11.9 Å². The van der Waals surface area contributed by atoms with Crippen LogP contribution < -0.4 is 0 Å². The summed E-state index contributed by atoms with van der Waals surface area (Å²) in [4.78, 5) is 12.0. The summed E-state index contributed by atoms with van der Waals surface area (Å²) in [5.74, 6) is -0.915. The van der Waals surface area contributed by atoms with E-state index in [0.717, 1.165) is 6.42 Å². The van der Waals surface area contributed by atoms with Crippen LogP contribution in [0.3, 0.4) is 0 Å². The van der Waals surface area contributed by atoms with Crippen molar-refractivity contribution in [2.75, 3.05) is 12.9 Å². The van der Waals surface area contributed by atoms with Crippen molar-refractivity contribution in [2.24, 2.45) is 0 Å². The molecule has 2 fully saturated rings. The van der Waals surface area contributed by atoms with E-state index in [0.29, 0.717) is 36.4 Å². The first-order valence-electron chi connectivity index (χ1n) is 6.83. The van der Waals surface area contributed by atoms with E-state index >= 15 is 0 Å². The molecule has 0 aromatic rings. The van der Waals surface area contributed by atoms with Gasteiger partial charge in [-0.25, -0.2) is 0 Å². The monoisotopic (exact) mass is 296 g/mol. The van der Waals surface area contributed by atoms with E-state index < -0.39 is 12.1 Å². The molecule has 2 bridgehead atoms. The molecule has 0 aromatic carbocycles. The standard InChI is InChI=1S/C14H16O5S/c1-20-12-8-5-7-9(15)3-2-4-10(7)19-14(8,16)13-17-6-11(12)18-13/h5,11-13,16H,2-4,6H2,1H3/t11-,12+,13-,14+/m1/s1. The van der Waals surface area contributed by atoms with Crippen LogP contribution in [0.1, 0.15) is 19.3 Å². The molecule has 3 aliphatic heterocycles. The van der Waals surface area contributed by atoms with Gasteiger partial charge in [0.25, 0.3) is 5.79 Å². The van der Waals surface area contributed by atoms with Crippen LogP contribution in [0.5, 0.6) is 0 Å². The van der Waals surface area contributed by atoms with Gasteiger partial charge in [-0.3, -0.25) is 4.79 Å². The lowest BCUT2D eigenvalue weighted by atomic mass is 9.86. The lowest BCUT2D eigenvalue weighted by Gasteiger charge is -2.45. The van der Waals surface area contributed by atoms with Crippen LogP contribution in [0.4, 0.5) is 0 Å². The molecule has 1 N–H and O–H groups in total. The molecule has 6 heteroatoms. The second kappa shape index (κ2) is 4.34. The Morgan fingerprint density at radius 3 is 3.10 bits per heavy atom. The topological polar surface area (TPSA) is 65.0 Å². The van der Waals surface area contributed by atoms with E-state index in [4.69, 9.17) is 14.2 Å². The molecule has 0 aromatic heterocycles. The molecule has 0 spiro atoms. The summed E-state index contributed by atoms with van der Waals surface area (Å²) in [5, 5.41) is 10.9. The van der Waals surface area contributed by atoms with Gasteiger partial charge < -0.3 is 19.3 Å². The zero-order valence-corrected chi connectivity index (χ0v) is 11.9. The summed E-state index contributed by atoms with van der Waals surface area (Å²) >= 11 is 1.58. The Morgan fingerprint density at radius 1 is 1.45 bits per heavy atom. The molecule has 4 atom stereocenters. The number of Topliss-reactive ketones (excluding diaryl/α,β-unsaturated/α-hetero) is 1. The Bertz CT molecular complexity index is 540. The van der Waals surface area contributed by atoms with Gasteiger partial charge in [-0.15, -0.1) is 0 Å². The number of aliphatic hydroxyl groups is 1. The first-order valence-corrected chi connectivity index (χ1v) is 8.12. The number of hydrogen-bond donors (Lipinski definition) is 1. The SMILES string of the molecule is CS[C@H]1C2=CC3=C(CCCC3=O)O[C@]2(O)[C@@H]2OC[C@H]1O2. The molecule has 108 valence electrons. The minimum atomic E-state index is -1.59. The third-order valence-corrected chi connectivity index (χ3v) is 5.39. The number of rotatable bonds is 1. The largest absolute Gasteiger partial charge is 0.457 e. The van der Waals surface area contributed by atoms with Crippen LogP contribution in [-0.4, -0.2) is 47.2 Å². The van der Waals surface area contributed by atoms with Crippen molar-refractivity contribution in [2.45, 2.75) is 42.7 Å². The van der Waals surface area contributed by atoms with Gasteiger partial charge in [-0.05, 0) is 18.8 Å². The quantitative estimate of drug-likeness (QED) is 0.782. The number of ketones is 1. The van der Waals surface area contributed by atoms with Crippen molar-refractivity contribution < 1.29 is 24.1 Å². The number of allylic oxidation sites excluding steroid dienone is 3. The van der Waals surface area contributed by atoms with Gasteiger partial charge in [0.2, 0.25) is 6.29 Å². The molecule has 0 radical (unpaired) electrons. The van der Waals surface area contributed by atoms with Gasteiger partial charge in [-0.1, -0.05) is 0 Å². The van der Waals surface area contributed by atoms with E-state index in [-0.39, 0.29) is 17.1 Å². The summed E-state index contributed by atoms with van der Waals surface area (Å²) < 4.78 is 17.0. The van der Waals surface area contributed by atoms with Crippen LogP contribution in [0.25, 0.3) is 0 Å². The fraction of sp³-hybridized carbons (Fsp3) is 0.643. The predicted molar refractivity (Wildman–Crippen MR) is 71.9 cm³/mol. The van der Waals surface area contributed by atoms with E-state index in [2.05, 4.69) is 0 Å². The Balaban J connectivity index is 1.83. The minimum Gasteiger partial charge on any atom is -0.457 e. The van der Waals surface area contributed by atoms with Crippen LogP contribution in [0.15, 0.2) is 23.0 Å². The van der Waals surface area contributed by atoms with Gasteiger partial charge in [0.05, 0.1) is 17.4 Å². The molecule has 1 aliphatic carbocycles. The lowest BCUT2D eigenvalue weighted by molar-refractivity contribution is -0.289. The zero-order chi connectivity index (χ0) is 13.9. The zero-order valence-electron chi connectivity index (χ0n) is 11.1. The highest BCUT2D eigenvalue weighted by Crippen LogP contribution is 2.49. The predicted octanol–water partition coefficient (Wildman–Crippen LogP) is 1.13. The summed E-state index contributed by atoms with van der Waals surface area (Å²) in [7, 11) is 0. The molecule has 4 rings (SSSR count). The van der Waals surface area contributed by atoms with Crippen molar-refractivity contribution >= 4 is 17.5 Å². The van der Waals surface area contributed by atoms with E-state index in [1.54, 1.807) is 11.8 Å². The lowest BCUT2D eigenvalue weighted by Crippen LogP contribution is -2.56. The third kappa shape index (κ3) is 1.59.